The SMILES string of the molecule is Cc1nc2c(C(=O)N[C@@H]3CCCC[C@H]3C)cnn2c(C)c1Cc1ccc(F)cc1Cl. The van der Waals surface area contributed by atoms with E-state index in [1.165, 1.54) is 18.6 Å². The van der Waals surface area contributed by atoms with Gasteiger partial charge in [0.05, 0.1) is 6.20 Å². The maximum Gasteiger partial charge on any atom is 0.256 e. The third kappa shape index (κ3) is 3.93. The zero-order valence-corrected chi connectivity index (χ0v) is 18.3. The van der Waals surface area contributed by atoms with Crippen molar-refractivity contribution in [3.05, 3.63) is 63.3 Å². The van der Waals surface area contributed by atoms with Gasteiger partial charge in [-0.3, -0.25) is 4.79 Å². The molecule has 0 bridgehead atoms. The van der Waals surface area contributed by atoms with E-state index in [4.69, 9.17) is 16.6 Å². The summed E-state index contributed by atoms with van der Waals surface area (Å²) in [4.78, 5) is 17.6. The molecule has 0 saturated heterocycles. The van der Waals surface area contributed by atoms with Crippen LogP contribution in [-0.2, 0) is 6.42 Å². The van der Waals surface area contributed by atoms with Crippen LogP contribution in [-0.4, -0.2) is 26.5 Å². The molecule has 4 rings (SSSR count). The topological polar surface area (TPSA) is 59.3 Å². The zero-order chi connectivity index (χ0) is 21.4. The molecule has 7 heteroatoms. The number of benzene rings is 1. The van der Waals surface area contributed by atoms with E-state index < -0.39 is 0 Å². The monoisotopic (exact) mass is 428 g/mol. The van der Waals surface area contributed by atoms with Gasteiger partial charge in [0.2, 0.25) is 0 Å². The molecule has 0 aliphatic heterocycles. The molecule has 2 aromatic heterocycles. The number of hydrogen-bond acceptors (Lipinski definition) is 3. The highest BCUT2D eigenvalue weighted by atomic mass is 35.5. The molecule has 1 aliphatic rings. The average Bonchev–Trinajstić information content (AvgIpc) is 3.12. The van der Waals surface area contributed by atoms with Gasteiger partial charge in [-0.25, -0.2) is 13.9 Å². The quantitative estimate of drug-likeness (QED) is 0.633. The van der Waals surface area contributed by atoms with Gasteiger partial charge in [0.25, 0.3) is 5.91 Å². The Kier molecular flexibility index (Phi) is 5.78. The summed E-state index contributed by atoms with van der Waals surface area (Å²) < 4.78 is 15.1. The van der Waals surface area contributed by atoms with Crippen LogP contribution in [0.15, 0.2) is 24.4 Å². The zero-order valence-electron chi connectivity index (χ0n) is 17.5. The molecule has 3 aromatic rings. The molecule has 1 saturated carbocycles. The van der Waals surface area contributed by atoms with Crippen molar-refractivity contribution in [3.63, 3.8) is 0 Å². The number of amides is 1. The first-order valence-electron chi connectivity index (χ1n) is 10.4. The summed E-state index contributed by atoms with van der Waals surface area (Å²) in [5.41, 5.74) is 4.53. The second-order valence-corrected chi connectivity index (χ2v) is 8.72. The molecule has 0 unspecified atom stereocenters. The molecule has 2 heterocycles. The van der Waals surface area contributed by atoms with E-state index in [1.54, 1.807) is 16.8 Å². The lowest BCUT2D eigenvalue weighted by atomic mass is 9.86. The van der Waals surface area contributed by atoms with Gasteiger partial charge in [-0.15, -0.1) is 0 Å². The Bertz CT molecular complexity index is 1110. The highest BCUT2D eigenvalue weighted by molar-refractivity contribution is 6.31. The first-order chi connectivity index (χ1) is 14.3. The fraction of sp³-hybridized carbons (Fsp3) is 0.435. The molecule has 5 nitrogen and oxygen atoms in total. The summed E-state index contributed by atoms with van der Waals surface area (Å²) in [5.74, 6) is -0.00167. The van der Waals surface area contributed by atoms with Gasteiger partial charge in [0.15, 0.2) is 5.65 Å². The first kappa shape index (κ1) is 20.8. The Morgan fingerprint density at radius 3 is 2.80 bits per heavy atom. The predicted molar refractivity (Wildman–Crippen MR) is 116 cm³/mol. The van der Waals surface area contributed by atoms with Crippen molar-refractivity contribution < 1.29 is 9.18 Å². The number of halogens is 2. The third-order valence-corrected chi connectivity index (χ3v) is 6.62. The molecule has 1 aromatic carbocycles. The summed E-state index contributed by atoms with van der Waals surface area (Å²) in [6.07, 6.45) is 6.64. The summed E-state index contributed by atoms with van der Waals surface area (Å²) >= 11 is 6.22. The van der Waals surface area contributed by atoms with E-state index in [1.807, 2.05) is 13.8 Å². The van der Waals surface area contributed by atoms with Crippen LogP contribution >= 0.6 is 11.6 Å². The fourth-order valence-corrected chi connectivity index (χ4v) is 4.59. The van der Waals surface area contributed by atoms with Gasteiger partial charge < -0.3 is 5.32 Å². The number of fused-ring (bicyclic) bond motifs is 1. The van der Waals surface area contributed by atoms with Crippen LogP contribution in [0, 0.1) is 25.6 Å². The van der Waals surface area contributed by atoms with Crippen LogP contribution in [0.3, 0.4) is 0 Å². The minimum absolute atomic E-state index is 0.121. The third-order valence-electron chi connectivity index (χ3n) is 6.26. The Balaban J connectivity index is 1.65. The molecule has 1 aliphatic carbocycles. The molecular weight excluding hydrogens is 403 g/mol. The van der Waals surface area contributed by atoms with E-state index in [2.05, 4.69) is 17.3 Å². The van der Waals surface area contributed by atoms with E-state index in [-0.39, 0.29) is 17.8 Å². The van der Waals surface area contributed by atoms with Gasteiger partial charge in [-0.2, -0.15) is 5.10 Å². The number of carbonyl (C=O) groups is 1. The van der Waals surface area contributed by atoms with Crippen LogP contribution in [0.5, 0.6) is 0 Å². The normalized spacial score (nSPS) is 19.2. The lowest BCUT2D eigenvalue weighted by Crippen LogP contribution is -2.41. The second kappa shape index (κ2) is 8.34. The Hall–Kier alpha value is -2.47. The van der Waals surface area contributed by atoms with Crippen molar-refractivity contribution in [2.45, 2.75) is 58.9 Å². The van der Waals surface area contributed by atoms with E-state index >= 15 is 0 Å². The van der Waals surface area contributed by atoms with E-state index in [9.17, 15) is 9.18 Å². The van der Waals surface area contributed by atoms with Gasteiger partial charge >= 0.3 is 0 Å². The number of rotatable bonds is 4. The highest BCUT2D eigenvalue weighted by Gasteiger charge is 2.25. The van der Waals surface area contributed by atoms with Gasteiger partial charge in [-0.1, -0.05) is 37.4 Å². The van der Waals surface area contributed by atoms with Crippen molar-refractivity contribution in [3.8, 4) is 0 Å². The molecule has 30 heavy (non-hydrogen) atoms. The molecule has 0 radical (unpaired) electrons. The lowest BCUT2D eigenvalue weighted by Gasteiger charge is -2.29. The molecule has 1 N–H and O–H groups in total. The number of nitrogens with zero attached hydrogens (tertiary/aromatic N) is 3. The smallest absolute Gasteiger partial charge is 0.256 e. The van der Waals surface area contributed by atoms with Gasteiger partial charge in [-0.05, 0) is 55.9 Å². The Morgan fingerprint density at radius 1 is 1.30 bits per heavy atom. The minimum atomic E-state index is -0.360. The predicted octanol–water partition coefficient (Wildman–Crippen LogP) is 5.04. The van der Waals surface area contributed by atoms with Crippen molar-refractivity contribution in [2.75, 3.05) is 0 Å². The number of nitrogens with one attached hydrogen (secondary N) is 1. The minimum Gasteiger partial charge on any atom is -0.349 e. The number of aromatic nitrogens is 3. The molecule has 1 amide bonds. The number of hydrogen-bond donors (Lipinski definition) is 1. The van der Waals surface area contributed by atoms with Crippen molar-refractivity contribution >= 4 is 23.2 Å². The van der Waals surface area contributed by atoms with Crippen LogP contribution in [0.25, 0.3) is 5.65 Å². The molecule has 0 spiro atoms. The van der Waals surface area contributed by atoms with Crippen molar-refractivity contribution in [1.29, 1.82) is 0 Å². The largest absolute Gasteiger partial charge is 0.349 e. The summed E-state index contributed by atoms with van der Waals surface area (Å²) in [6.45, 7) is 6.06. The highest BCUT2D eigenvalue weighted by Crippen LogP contribution is 2.26. The molecule has 158 valence electrons. The Morgan fingerprint density at radius 2 is 2.07 bits per heavy atom. The lowest BCUT2D eigenvalue weighted by molar-refractivity contribution is 0.0911. The summed E-state index contributed by atoms with van der Waals surface area (Å²) in [5, 5.41) is 8.00. The maximum absolute atomic E-state index is 13.4. The second-order valence-electron chi connectivity index (χ2n) is 8.31. The first-order valence-corrected chi connectivity index (χ1v) is 10.8. The van der Waals surface area contributed by atoms with E-state index in [0.717, 1.165) is 41.8 Å². The van der Waals surface area contributed by atoms with Crippen LogP contribution in [0.4, 0.5) is 4.39 Å². The van der Waals surface area contributed by atoms with Gasteiger partial charge in [0, 0.05) is 28.9 Å². The standard InChI is InChI=1S/C23H26ClFN4O/c1-13-6-4-5-7-21(13)28-23(30)19-12-26-29-15(3)18(14(2)27-22(19)29)10-16-8-9-17(25)11-20(16)24/h8-9,11-13,21H,4-7,10H2,1-3H3,(H,28,30)/t13-,21-/m1/s1. The van der Waals surface area contributed by atoms with Crippen molar-refractivity contribution in [1.82, 2.24) is 19.9 Å². The Labute approximate surface area is 180 Å². The van der Waals surface area contributed by atoms with Crippen LogP contribution in [0.2, 0.25) is 5.02 Å². The fourth-order valence-electron chi connectivity index (χ4n) is 4.36. The van der Waals surface area contributed by atoms with E-state index in [0.29, 0.717) is 28.6 Å². The number of aryl methyl sites for hydroxylation is 2. The van der Waals surface area contributed by atoms with Crippen LogP contribution in [0.1, 0.15) is 65.5 Å². The summed E-state index contributed by atoms with van der Waals surface area (Å²) in [6, 6.07) is 4.60. The summed E-state index contributed by atoms with van der Waals surface area (Å²) in [7, 11) is 0. The molecule has 1 fully saturated rings. The van der Waals surface area contributed by atoms with Crippen molar-refractivity contribution in [2.24, 2.45) is 5.92 Å². The average molecular weight is 429 g/mol. The molecule has 2 atom stereocenters. The van der Waals surface area contributed by atoms with Gasteiger partial charge in [0.1, 0.15) is 11.4 Å². The van der Waals surface area contributed by atoms with Crippen LogP contribution < -0.4 is 5.32 Å². The maximum atomic E-state index is 13.4. The molecular formula is C23H26ClFN4O. The number of carbonyl (C=O) groups excluding carboxylic acids is 1.